The fourth-order valence-electron chi connectivity index (χ4n) is 1.86. The van der Waals surface area contributed by atoms with Crippen LogP contribution in [0.2, 0.25) is 0 Å². The van der Waals surface area contributed by atoms with Crippen LogP contribution in [0.4, 0.5) is 0 Å². The van der Waals surface area contributed by atoms with Gasteiger partial charge in [-0.3, -0.25) is 0 Å². The molecule has 0 radical (unpaired) electrons. The van der Waals surface area contributed by atoms with Crippen LogP contribution in [0.1, 0.15) is 16.7 Å². The van der Waals surface area contributed by atoms with Gasteiger partial charge in [-0.25, -0.2) is 0 Å². The molecule has 0 aliphatic rings. The van der Waals surface area contributed by atoms with Crippen molar-refractivity contribution in [3.8, 4) is 11.5 Å². The second-order valence-electron chi connectivity index (χ2n) is 4.10. The van der Waals surface area contributed by atoms with Gasteiger partial charge in [0, 0.05) is 12.0 Å². The lowest BCUT2D eigenvalue weighted by Crippen LogP contribution is -1.92. The third-order valence-corrected chi connectivity index (χ3v) is 2.93. The summed E-state index contributed by atoms with van der Waals surface area (Å²) < 4.78 is 5.12. The van der Waals surface area contributed by atoms with Crippen LogP contribution in [-0.4, -0.2) is 12.2 Å². The molecule has 0 atom stereocenters. The normalized spacial score (nSPS) is 10.2. The zero-order valence-corrected chi connectivity index (χ0v) is 10.1. The fourth-order valence-corrected chi connectivity index (χ4v) is 1.86. The maximum absolute atomic E-state index is 9.83. The quantitative estimate of drug-likeness (QED) is 0.873. The summed E-state index contributed by atoms with van der Waals surface area (Å²) in [6, 6.07) is 13.5. The average Bonchev–Trinajstić information content (AvgIpc) is 2.35. The second kappa shape index (κ2) is 4.91. The molecule has 2 aromatic carbocycles. The molecular formula is C15H16O2. The Morgan fingerprint density at radius 3 is 2.35 bits per heavy atom. The molecule has 17 heavy (non-hydrogen) atoms. The maximum Gasteiger partial charge on any atom is 0.119 e. The first-order valence-corrected chi connectivity index (χ1v) is 5.61. The molecule has 0 aliphatic heterocycles. The first kappa shape index (κ1) is 11.5. The summed E-state index contributed by atoms with van der Waals surface area (Å²) in [6.07, 6.45) is 0.739. The van der Waals surface area contributed by atoms with E-state index in [1.807, 2.05) is 43.3 Å². The highest BCUT2D eigenvalue weighted by Crippen LogP contribution is 2.24. The molecule has 0 unspecified atom stereocenters. The van der Waals surface area contributed by atoms with Crippen molar-refractivity contribution in [2.45, 2.75) is 13.3 Å². The van der Waals surface area contributed by atoms with Crippen LogP contribution in [0.3, 0.4) is 0 Å². The number of ether oxygens (including phenoxy) is 1. The maximum atomic E-state index is 9.83. The minimum atomic E-state index is 0.362. The van der Waals surface area contributed by atoms with Gasteiger partial charge in [-0.2, -0.15) is 0 Å². The van der Waals surface area contributed by atoms with Gasteiger partial charge in [0.15, 0.2) is 0 Å². The smallest absolute Gasteiger partial charge is 0.119 e. The summed E-state index contributed by atoms with van der Waals surface area (Å²) in [4.78, 5) is 0. The first-order valence-electron chi connectivity index (χ1n) is 5.61. The van der Waals surface area contributed by atoms with Crippen molar-refractivity contribution in [1.82, 2.24) is 0 Å². The van der Waals surface area contributed by atoms with E-state index in [-0.39, 0.29) is 0 Å². The molecule has 0 saturated carbocycles. The van der Waals surface area contributed by atoms with Gasteiger partial charge in [0.2, 0.25) is 0 Å². The van der Waals surface area contributed by atoms with Gasteiger partial charge in [0.05, 0.1) is 7.11 Å². The molecule has 88 valence electrons. The van der Waals surface area contributed by atoms with E-state index in [9.17, 15) is 5.11 Å². The molecule has 0 amide bonds. The lowest BCUT2D eigenvalue weighted by atomic mass is 9.99. The van der Waals surface area contributed by atoms with Gasteiger partial charge in [0.1, 0.15) is 11.5 Å². The molecule has 0 aliphatic carbocycles. The zero-order chi connectivity index (χ0) is 12.3. The SMILES string of the molecule is COc1ccc(Cc2c(C)cccc2O)cc1. The zero-order valence-electron chi connectivity index (χ0n) is 10.1. The Morgan fingerprint density at radius 1 is 1.06 bits per heavy atom. The molecule has 0 saturated heterocycles. The van der Waals surface area contributed by atoms with Gasteiger partial charge >= 0.3 is 0 Å². The molecule has 2 heteroatoms. The molecule has 0 bridgehead atoms. The van der Waals surface area contributed by atoms with Gasteiger partial charge in [-0.1, -0.05) is 24.3 Å². The molecule has 0 heterocycles. The number of aryl methyl sites for hydroxylation is 1. The van der Waals surface area contributed by atoms with E-state index in [0.717, 1.165) is 28.9 Å². The minimum Gasteiger partial charge on any atom is -0.508 e. The highest BCUT2D eigenvalue weighted by Gasteiger charge is 2.05. The van der Waals surface area contributed by atoms with Gasteiger partial charge < -0.3 is 9.84 Å². The Morgan fingerprint density at radius 2 is 1.76 bits per heavy atom. The van der Waals surface area contributed by atoms with E-state index in [1.54, 1.807) is 13.2 Å². The van der Waals surface area contributed by atoms with Crippen molar-refractivity contribution in [3.63, 3.8) is 0 Å². The fraction of sp³-hybridized carbons (Fsp3) is 0.200. The van der Waals surface area contributed by atoms with Crippen LogP contribution in [0.25, 0.3) is 0 Å². The topological polar surface area (TPSA) is 29.5 Å². The predicted octanol–water partition coefficient (Wildman–Crippen LogP) is 3.30. The predicted molar refractivity (Wildman–Crippen MR) is 68.6 cm³/mol. The number of methoxy groups -OCH3 is 1. The molecule has 0 aromatic heterocycles. The summed E-state index contributed by atoms with van der Waals surface area (Å²) in [5.74, 6) is 1.21. The van der Waals surface area contributed by atoms with Crippen LogP contribution in [0.5, 0.6) is 11.5 Å². The molecular weight excluding hydrogens is 212 g/mol. The largest absolute Gasteiger partial charge is 0.508 e. The van der Waals surface area contributed by atoms with E-state index >= 15 is 0 Å². The number of phenolic OH excluding ortho intramolecular Hbond substituents is 1. The number of hydrogen-bond donors (Lipinski definition) is 1. The van der Waals surface area contributed by atoms with Gasteiger partial charge in [-0.15, -0.1) is 0 Å². The van der Waals surface area contributed by atoms with Crippen molar-refractivity contribution >= 4 is 0 Å². The second-order valence-corrected chi connectivity index (χ2v) is 4.10. The van der Waals surface area contributed by atoms with Crippen LogP contribution >= 0.6 is 0 Å². The third-order valence-electron chi connectivity index (χ3n) is 2.93. The molecule has 1 N–H and O–H groups in total. The van der Waals surface area contributed by atoms with E-state index in [0.29, 0.717) is 5.75 Å². The van der Waals surface area contributed by atoms with Gasteiger partial charge in [0.25, 0.3) is 0 Å². The molecule has 2 rings (SSSR count). The first-order chi connectivity index (χ1) is 8.20. The minimum absolute atomic E-state index is 0.362. The summed E-state index contributed by atoms with van der Waals surface area (Å²) in [7, 11) is 1.65. The molecule has 2 nitrogen and oxygen atoms in total. The molecule has 0 spiro atoms. The monoisotopic (exact) mass is 228 g/mol. The average molecular weight is 228 g/mol. The number of hydrogen-bond acceptors (Lipinski definition) is 2. The van der Waals surface area contributed by atoms with E-state index in [1.165, 1.54) is 0 Å². The highest BCUT2D eigenvalue weighted by atomic mass is 16.5. The number of aromatic hydroxyl groups is 1. The van der Waals surface area contributed by atoms with E-state index in [2.05, 4.69) is 0 Å². The Balaban J connectivity index is 2.25. The van der Waals surface area contributed by atoms with Crippen LogP contribution in [0.15, 0.2) is 42.5 Å². The van der Waals surface area contributed by atoms with E-state index in [4.69, 9.17) is 4.74 Å². The van der Waals surface area contributed by atoms with Crippen molar-refractivity contribution in [1.29, 1.82) is 0 Å². The summed E-state index contributed by atoms with van der Waals surface area (Å²) in [5, 5.41) is 9.83. The Bertz CT molecular complexity index is 481. The lowest BCUT2D eigenvalue weighted by Gasteiger charge is -2.08. The van der Waals surface area contributed by atoms with Crippen LogP contribution < -0.4 is 4.74 Å². The Labute approximate surface area is 101 Å². The molecule has 0 fully saturated rings. The van der Waals surface area contributed by atoms with Crippen LogP contribution in [0, 0.1) is 6.92 Å². The number of phenols is 1. The standard InChI is InChI=1S/C15H16O2/c1-11-4-3-5-15(16)14(11)10-12-6-8-13(17-2)9-7-12/h3-9,16H,10H2,1-2H3. The lowest BCUT2D eigenvalue weighted by molar-refractivity contribution is 0.414. The van der Waals surface area contributed by atoms with Crippen LogP contribution in [-0.2, 0) is 6.42 Å². The highest BCUT2D eigenvalue weighted by molar-refractivity contribution is 5.42. The van der Waals surface area contributed by atoms with Crippen molar-refractivity contribution in [2.75, 3.05) is 7.11 Å². The third kappa shape index (κ3) is 2.59. The Kier molecular flexibility index (Phi) is 3.33. The van der Waals surface area contributed by atoms with Crippen molar-refractivity contribution < 1.29 is 9.84 Å². The number of rotatable bonds is 3. The Hall–Kier alpha value is -1.96. The van der Waals surface area contributed by atoms with Gasteiger partial charge in [-0.05, 0) is 36.2 Å². The number of benzene rings is 2. The summed E-state index contributed by atoms with van der Waals surface area (Å²) in [5.41, 5.74) is 3.26. The van der Waals surface area contributed by atoms with Crippen molar-refractivity contribution in [3.05, 3.63) is 59.2 Å². The van der Waals surface area contributed by atoms with E-state index < -0.39 is 0 Å². The molecule has 2 aromatic rings. The van der Waals surface area contributed by atoms with Crippen molar-refractivity contribution in [2.24, 2.45) is 0 Å². The summed E-state index contributed by atoms with van der Waals surface area (Å²) >= 11 is 0. The summed E-state index contributed by atoms with van der Waals surface area (Å²) in [6.45, 7) is 2.01.